The topological polar surface area (TPSA) is 80.4 Å². The van der Waals surface area contributed by atoms with Gasteiger partial charge in [0, 0.05) is 49.8 Å². The third kappa shape index (κ3) is 5.14. The van der Waals surface area contributed by atoms with Crippen LogP contribution >= 0.6 is 11.8 Å². The van der Waals surface area contributed by atoms with Gasteiger partial charge in [-0.15, -0.1) is 0 Å². The van der Waals surface area contributed by atoms with Gasteiger partial charge in [0.05, 0.1) is 24.4 Å². The highest BCUT2D eigenvalue weighted by molar-refractivity contribution is 7.97. The second-order valence-electron chi connectivity index (χ2n) is 8.15. The molecule has 1 aromatic carbocycles. The summed E-state index contributed by atoms with van der Waals surface area (Å²) in [6.07, 6.45) is 8.66. The van der Waals surface area contributed by atoms with E-state index in [9.17, 15) is 0 Å². The van der Waals surface area contributed by atoms with Crippen LogP contribution in [0.3, 0.4) is 0 Å². The number of benzene rings is 1. The molecule has 0 amide bonds. The number of aromatic nitrogens is 3. The molecule has 0 aliphatic carbocycles. The molecule has 4 heterocycles. The number of pyridine rings is 1. The summed E-state index contributed by atoms with van der Waals surface area (Å²) in [4.78, 5) is 18.8. The van der Waals surface area contributed by atoms with E-state index in [0.717, 1.165) is 73.9 Å². The standard InChI is InChI=1S/C22H26N6O.C2H6S/c23-14-16-5-8-28(15-16)22-21-20(24-6-7-25-21)13-19(26-22)17-1-3-18(4-2-17)27-9-11-29-12-10-27;1-3-2/h1-4,6-7,13,16H,5,8-12,14-15,23H2;1-2H3. The number of fused-ring (bicyclic) bond motifs is 1. The van der Waals surface area contributed by atoms with Crippen molar-refractivity contribution in [3.63, 3.8) is 0 Å². The Bertz CT molecular complexity index is 1010. The molecule has 32 heavy (non-hydrogen) atoms. The second-order valence-corrected chi connectivity index (χ2v) is 8.96. The first-order valence-electron chi connectivity index (χ1n) is 11.1. The van der Waals surface area contributed by atoms with Gasteiger partial charge in [-0.3, -0.25) is 4.98 Å². The monoisotopic (exact) mass is 452 g/mol. The third-order valence-corrected chi connectivity index (χ3v) is 5.90. The Morgan fingerprint density at radius 3 is 2.44 bits per heavy atom. The predicted octanol–water partition coefficient (Wildman–Crippen LogP) is 3.29. The quantitative estimate of drug-likeness (QED) is 0.646. The summed E-state index contributed by atoms with van der Waals surface area (Å²) >= 11 is 1.75. The first-order chi connectivity index (χ1) is 15.7. The Kier molecular flexibility index (Phi) is 7.78. The van der Waals surface area contributed by atoms with E-state index in [-0.39, 0.29) is 0 Å². The van der Waals surface area contributed by atoms with E-state index in [1.807, 2.05) is 18.6 Å². The number of thioether (sulfide) groups is 1. The van der Waals surface area contributed by atoms with Crippen molar-refractivity contribution in [1.82, 2.24) is 15.0 Å². The van der Waals surface area contributed by atoms with Crippen LogP contribution < -0.4 is 15.5 Å². The number of anilines is 2. The molecule has 2 aromatic heterocycles. The maximum atomic E-state index is 5.90. The van der Waals surface area contributed by atoms with Crippen molar-refractivity contribution in [2.24, 2.45) is 11.7 Å². The van der Waals surface area contributed by atoms with E-state index < -0.39 is 0 Å². The van der Waals surface area contributed by atoms with E-state index in [0.29, 0.717) is 12.5 Å². The average Bonchev–Trinajstić information content (AvgIpc) is 3.34. The van der Waals surface area contributed by atoms with Crippen molar-refractivity contribution in [2.75, 3.05) is 68.2 Å². The van der Waals surface area contributed by atoms with E-state index >= 15 is 0 Å². The lowest BCUT2D eigenvalue weighted by atomic mass is 10.1. The first kappa shape index (κ1) is 22.8. The molecule has 0 spiro atoms. The Balaban J connectivity index is 0.000000775. The van der Waals surface area contributed by atoms with Crippen molar-refractivity contribution in [2.45, 2.75) is 6.42 Å². The molecule has 2 saturated heterocycles. The highest BCUT2D eigenvalue weighted by Crippen LogP contribution is 2.31. The molecule has 2 aliphatic rings. The van der Waals surface area contributed by atoms with Crippen molar-refractivity contribution in [1.29, 1.82) is 0 Å². The average molecular weight is 453 g/mol. The largest absolute Gasteiger partial charge is 0.378 e. The fourth-order valence-corrected chi connectivity index (χ4v) is 4.21. The number of rotatable bonds is 4. The maximum absolute atomic E-state index is 5.90. The molecular weight excluding hydrogens is 420 g/mol. The lowest BCUT2D eigenvalue weighted by molar-refractivity contribution is 0.122. The van der Waals surface area contributed by atoms with E-state index in [2.05, 4.69) is 44.0 Å². The predicted molar refractivity (Wildman–Crippen MR) is 135 cm³/mol. The van der Waals surface area contributed by atoms with Crippen molar-refractivity contribution in [3.05, 3.63) is 42.7 Å². The molecule has 2 aliphatic heterocycles. The van der Waals surface area contributed by atoms with Crippen molar-refractivity contribution < 1.29 is 4.74 Å². The second kappa shape index (κ2) is 10.9. The summed E-state index contributed by atoms with van der Waals surface area (Å²) in [6.45, 7) is 6.04. The molecular formula is C24H32N6OS. The van der Waals surface area contributed by atoms with Gasteiger partial charge in [-0.1, -0.05) is 12.1 Å². The molecule has 2 fully saturated rings. The van der Waals surface area contributed by atoms with Gasteiger partial charge >= 0.3 is 0 Å². The van der Waals surface area contributed by atoms with Gasteiger partial charge < -0.3 is 20.3 Å². The van der Waals surface area contributed by atoms with E-state index in [4.69, 9.17) is 15.5 Å². The molecule has 0 radical (unpaired) electrons. The molecule has 1 atom stereocenters. The van der Waals surface area contributed by atoms with Crippen LogP contribution in [0.1, 0.15) is 6.42 Å². The third-order valence-electron chi connectivity index (χ3n) is 5.90. The smallest absolute Gasteiger partial charge is 0.157 e. The molecule has 7 nitrogen and oxygen atoms in total. The molecule has 0 bridgehead atoms. The number of ether oxygens (including phenoxy) is 1. The lowest BCUT2D eigenvalue weighted by Gasteiger charge is -2.29. The minimum Gasteiger partial charge on any atom is -0.378 e. The highest BCUT2D eigenvalue weighted by atomic mass is 32.2. The van der Waals surface area contributed by atoms with Crippen LogP contribution in [-0.4, -0.2) is 73.4 Å². The van der Waals surface area contributed by atoms with Crippen molar-refractivity contribution in [3.8, 4) is 11.3 Å². The van der Waals surface area contributed by atoms with E-state index in [1.165, 1.54) is 5.69 Å². The maximum Gasteiger partial charge on any atom is 0.157 e. The molecule has 5 rings (SSSR count). The zero-order chi connectivity index (χ0) is 22.3. The summed E-state index contributed by atoms with van der Waals surface area (Å²) in [5.41, 5.74) is 10.9. The highest BCUT2D eigenvalue weighted by Gasteiger charge is 2.25. The lowest BCUT2D eigenvalue weighted by Crippen LogP contribution is -2.36. The zero-order valence-electron chi connectivity index (χ0n) is 18.9. The summed E-state index contributed by atoms with van der Waals surface area (Å²) in [6, 6.07) is 10.7. The Hall–Kier alpha value is -2.42. The number of morpholine rings is 1. The molecule has 170 valence electrons. The van der Waals surface area contributed by atoms with Crippen LogP contribution in [0.5, 0.6) is 0 Å². The molecule has 8 heteroatoms. The van der Waals surface area contributed by atoms with Gasteiger partial charge in [-0.25, -0.2) is 9.97 Å². The Morgan fingerprint density at radius 1 is 1.03 bits per heavy atom. The zero-order valence-corrected chi connectivity index (χ0v) is 19.7. The molecule has 0 saturated carbocycles. The van der Waals surface area contributed by atoms with Crippen LogP contribution in [0.2, 0.25) is 0 Å². The summed E-state index contributed by atoms with van der Waals surface area (Å²) < 4.78 is 5.46. The molecule has 3 aromatic rings. The Morgan fingerprint density at radius 2 is 1.75 bits per heavy atom. The Labute approximate surface area is 194 Å². The number of nitrogens with two attached hydrogens (primary N) is 1. The van der Waals surface area contributed by atoms with Crippen LogP contribution in [0.15, 0.2) is 42.7 Å². The van der Waals surface area contributed by atoms with Crippen LogP contribution in [0.4, 0.5) is 11.5 Å². The minimum atomic E-state index is 0.514. The number of hydrogen-bond donors (Lipinski definition) is 1. The van der Waals surface area contributed by atoms with Crippen LogP contribution in [0.25, 0.3) is 22.3 Å². The summed E-state index contributed by atoms with van der Waals surface area (Å²) in [7, 11) is 0. The van der Waals surface area contributed by atoms with E-state index in [1.54, 1.807) is 24.2 Å². The number of nitrogens with zero attached hydrogens (tertiary/aromatic N) is 5. The normalized spacial score (nSPS) is 18.5. The van der Waals surface area contributed by atoms with Crippen LogP contribution in [-0.2, 0) is 4.74 Å². The van der Waals surface area contributed by atoms with Gasteiger partial charge in [-0.2, -0.15) is 11.8 Å². The van der Waals surface area contributed by atoms with Crippen molar-refractivity contribution >= 4 is 34.3 Å². The van der Waals surface area contributed by atoms with Gasteiger partial charge in [0.25, 0.3) is 0 Å². The summed E-state index contributed by atoms with van der Waals surface area (Å²) in [5, 5.41) is 0. The van der Waals surface area contributed by atoms with Crippen LogP contribution in [0, 0.1) is 5.92 Å². The molecule has 2 N–H and O–H groups in total. The van der Waals surface area contributed by atoms with Gasteiger partial charge in [0.15, 0.2) is 5.82 Å². The summed E-state index contributed by atoms with van der Waals surface area (Å²) in [5.74, 6) is 1.43. The molecule has 1 unspecified atom stereocenters. The minimum absolute atomic E-state index is 0.514. The fourth-order valence-electron chi connectivity index (χ4n) is 4.21. The van der Waals surface area contributed by atoms with Gasteiger partial charge in [0.1, 0.15) is 5.52 Å². The van der Waals surface area contributed by atoms with Gasteiger partial charge in [0.2, 0.25) is 0 Å². The van der Waals surface area contributed by atoms with Gasteiger partial charge in [-0.05, 0) is 49.6 Å². The fraction of sp³-hybridized carbons (Fsp3) is 0.458. The first-order valence-corrected chi connectivity index (χ1v) is 12.8. The SMILES string of the molecule is CSC.NCC1CCN(c2nc(-c3ccc(N4CCOCC4)cc3)cc3nccnc23)C1. The number of hydrogen-bond acceptors (Lipinski definition) is 8.